The highest BCUT2D eigenvalue weighted by atomic mass is 16.5. The van der Waals surface area contributed by atoms with Gasteiger partial charge in [0, 0.05) is 27.1 Å². The molecule has 5 aliphatic carbocycles. The van der Waals surface area contributed by atoms with Crippen LogP contribution in [0.1, 0.15) is 43.2 Å². The van der Waals surface area contributed by atoms with Crippen LogP contribution in [0.15, 0.2) is 138 Å². The van der Waals surface area contributed by atoms with Gasteiger partial charge in [0.2, 0.25) is 0 Å². The Balaban J connectivity index is 0.982. The molecule has 0 atom stereocenters. The molecule has 248 valence electrons. The SMILES string of the molecule is c1ccc2c(c1)-c1ccc(-c3ccc4c5c(cccc35)-c3cc(-c5cccc6oc7ccccc7c56)ccc3O4)cc1C21C2CC3CC(C2)CC1C3. The van der Waals surface area contributed by atoms with E-state index in [1.165, 1.54) is 76.3 Å². The average molecular weight is 669 g/mol. The average Bonchev–Trinajstić information content (AvgIpc) is 3.71. The molecule has 2 heteroatoms. The highest BCUT2D eigenvalue weighted by Gasteiger charge is 2.61. The molecule has 0 N–H and O–H groups in total. The molecule has 7 aromatic carbocycles. The molecule has 4 bridgehead atoms. The van der Waals surface area contributed by atoms with Crippen molar-refractivity contribution in [2.24, 2.45) is 23.7 Å². The predicted octanol–water partition coefficient (Wildman–Crippen LogP) is 13.6. The first-order chi connectivity index (χ1) is 25.7. The van der Waals surface area contributed by atoms with E-state index in [-0.39, 0.29) is 5.41 Å². The van der Waals surface area contributed by atoms with Gasteiger partial charge in [-0.25, -0.2) is 0 Å². The van der Waals surface area contributed by atoms with Crippen molar-refractivity contribution in [2.75, 3.05) is 0 Å². The topological polar surface area (TPSA) is 22.4 Å². The van der Waals surface area contributed by atoms with E-state index in [2.05, 4.69) is 127 Å². The van der Waals surface area contributed by atoms with Gasteiger partial charge in [0.15, 0.2) is 0 Å². The summed E-state index contributed by atoms with van der Waals surface area (Å²) in [5.74, 6) is 5.21. The summed E-state index contributed by atoms with van der Waals surface area (Å²) < 4.78 is 13.0. The first-order valence-electron chi connectivity index (χ1n) is 19.3. The highest BCUT2D eigenvalue weighted by Crippen LogP contribution is 2.69. The van der Waals surface area contributed by atoms with Crippen LogP contribution in [0.4, 0.5) is 0 Å². The molecule has 14 rings (SSSR count). The van der Waals surface area contributed by atoms with Crippen LogP contribution in [0.5, 0.6) is 11.5 Å². The fourth-order valence-electron chi connectivity index (χ4n) is 12.4. The van der Waals surface area contributed by atoms with E-state index in [1.807, 2.05) is 6.07 Å². The Morgan fingerprint density at radius 2 is 1.08 bits per heavy atom. The van der Waals surface area contributed by atoms with Crippen molar-refractivity contribution >= 4 is 32.7 Å². The molecule has 0 saturated heterocycles. The minimum absolute atomic E-state index is 0.156. The van der Waals surface area contributed by atoms with Gasteiger partial charge in [0.05, 0.1) is 0 Å². The number of hydrogen-bond acceptors (Lipinski definition) is 2. The van der Waals surface area contributed by atoms with Gasteiger partial charge in [0.1, 0.15) is 22.7 Å². The summed E-state index contributed by atoms with van der Waals surface area (Å²) in [5.41, 5.74) is 15.5. The highest BCUT2D eigenvalue weighted by molar-refractivity contribution is 6.14. The molecule has 6 aliphatic rings. The van der Waals surface area contributed by atoms with Crippen LogP contribution in [-0.4, -0.2) is 0 Å². The van der Waals surface area contributed by atoms with Gasteiger partial charge >= 0.3 is 0 Å². The van der Waals surface area contributed by atoms with Gasteiger partial charge in [0.25, 0.3) is 0 Å². The van der Waals surface area contributed by atoms with Crippen molar-refractivity contribution < 1.29 is 9.15 Å². The van der Waals surface area contributed by atoms with E-state index in [0.717, 1.165) is 68.2 Å². The van der Waals surface area contributed by atoms with E-state index in [9.17, 15) is 0 Å². The van der Waals surface area contributed by atoms with Gasteiger partial charge in [-0.15, -0.1) is 0 Å². The molecular formula is C50H36O2. The van der Waals surface area contributed by atoms with Crippen LogP contribution in [0.25, 0.3) is 77.2 Å². The molecule has 52 heavy (non-hydrogen) atoms. The van der Waals surface area contributed by atoms with Gasteiger partial charge < -0.3 is 9.15 Å². The Hall–Kier alpha value is -5.60. The van der Waals surface area contributed by atoms with Crippen LogP contribution in [0.2, 0.25) is 0 Å². The molecule has 1 spiro atoms. The number of ether oxygens (including phenoxy) is 1. The number of hydrogen-bond donors (Lipinski definition) is 0. The number of fused-ring (bicyclic) bond motifs is 8. The van der Waals surface area contributed by atoms with E-state index in [4.69, 9.17) is 9.15 Å². The smallest absolute Gasteiger partial charge is 0.136 e. The van der Waals surface area contributed by atoms with Crippen molar-refractivity contribution in [3.05, 3.63) is 145 Å². The molecule has 2 nitrogen and oxygen atoms in total. The summed E-state index contributed by atoms with van der Waals surface area (Å²) in [6.45, 7) is 0. The lowest BCUT2D eigenvalue weighted by molar-refractivity contribution is -0.0399. The van der Waals surface area contributed by atoms with Crippen LogP contribution in [0.3, 0.4) is 0 Å². The van der Waals surface area contributed by atoms with E-state index in [1.54, 1.807) is 11.1 Å². The van der Waals surface area contributed by atoms with Crippen LogP contribution in [0, 0.1) is 23.7 Å². The summed E-state index contributed by atoms with van der Waals surface area (Å²) in [4.78, 5) is 0. The maximum Gasteiger partial charge on any atom is 0.136 e. The maximum atomic E-state index is 6.73. The minimum atomic E-state index is 0.156. The van der Waals surface area contributed by atoms with Crippen LogP contribution < -0.4 is 4.74 Å². The number of furan rings is 1. The summed E-state index contributed by atoms with van der Waals surface area (Å²) in [7, 11) is 0. The second kappa shape index (κ2) is 9.83. The number of rotatable bonds is 2. The van der Waals surface area contributed by atoms with E-state index in [0.29, 0.717) is 0 Å². The molecule has 4 saturated carbocycles. The van der Waals surface area contributed by atoms with Crippen molar-refractivity contribution in [1.82, 2.24) is 0 Å². The standard InChI is InChI=1S/C50H36O2/c1-3-12-42-36(7-1)37-17-15-31(27-43(37)50(42)32-22-28-21-29(24-32)25-33(50)23-28)34-18-20-47-49-38(34)10-5-11-39(49)41-26-30(16-19-45(41)52-47)35-9-6-14-46-48(35)40-8-2-4-13-44(40)51-46/h1-20,26-29,32-33H,21-25H2. The molecule has 2 heterocycles. The zero-order valence-electron chi connectivity index (χ0n) is 28.9. The first-order valence-corrected chi connectivity index (χ1v) is 19.3. The lowest BCUT2D eigenvalue weighted by atomic mass is 9.43. The second-order valence-corrected chi connectivity index (χ2v) is 16.4. The zero-order chi connectivity index (χ0) is 33.7. The van der Waals surface area contributed by atoms with Crippen molar-refractivity contribution in [2.45, 2.75) is 37.5 Å². The fourth-order valence-corrected chi connectivity index (χ4v) is 12.4. The lowest BCUT2D eigenvalue weighted by Gasteiger charge is -2.61. The summed E-state index contributed by atoms with van der Waals surface area (Å²) >= 11 is 0. The van der Waals surface area contributed by atoms with Gasteiger partial charge in [-0.2, -0.15) is 0 Å². The summed E-state index contributed by atoms with van der Waals surface area (Å²) in [6, 6.07) is 49.6. The van der Waals surface area contributed by atoms with Crippen molar-refractivity contribution in [1.29, 1.82) is 0 Å². The Bertz CT molecular complexity index is 2820. The Morgan fingerprint density at radius 1 is 0.423 bits per heavy atom. The third-order valence-electron chi connectivity index (χ3n) is 14.1. The zero-order valence-corrected chi connectivity index (χ0v) is 28.9. The predicted molar refractivity (Wildman–Crippen MR) is 211 cm³/mol. The Morgan fingerprint density at radius 3 is 1.98 bits per heavy atom. The van der Waals surface area contributed by atoms with E-state index >= 15 is 0 Å². The molecular weight excluding hydrogens is 633 g/mol. The van der Waals surface area contributed by atoms with Crippen LogP contribution >= 0.6 is 0 Å². The monoisotopic (exact) mass is 668 g/mol. The van der Waals surface area contributed by atoms with Crippen molar-refractivity contribution in [3.63, 3.8) is 0 Å². The van der Waals surface area contributed by atoms with Crippen molar-refractivity contribution in [3.8, 4) is 56.0 Å². The molecule has 0 radical (unpaired) electrons. The lowest BCUT2D eigenvalue weighted by Crippen LogP contribution is -2.55. The summed E-state index contributed by atoms with van der Waals surface area (Å²) in [6.07, 6.45) is 7.07. The van der Waals surface area contributed by atoms with Crippen LogP contribution in [-0.2, 0) is 5.41 Å². The maximum absolute atomic E-state index is 6.73. The molecule has 0 amide bonds. The quantitative estimate of drug-likeness (QED) is 0.183. The second-order valence-electron chi connectivity index (χ2n) is 16.4. The minimum Gasteiger partial charge on any atom is -0.456 e. The van der Waals surface area contributed by atoms with Gasteiger partial charge in [-0.1, -0.05) is 97.1 Å². The molecule has 8 aromatic rings. The Kier molecular flexibility index (Phi) is 5.30. The molecule has 1 aromatic heterocycles. The molecule has 0 unspecified atom stereocenters. The van der Waals surface area contributed by atoms with Gasteiger partial charge in [-0.3, -0.25) is 0 Å². The Labute approximate surface area is 302 Å². The summed E-state index contributed by atoms with van der Waals surface area (Å²) in [5, 5.41) is 4.76. The normalized spacial score (nSPS) is 24.4. The number of para-hydroxylation sites is 1. The molecule has 4 fully saturated rings. The fraction of sp³-hybridized carbons (Fsp3) is 0.200. The third-order valence-corrected chi connectivity index (χ3v) is 14.1. The molecule has 1 aliphatic heterocycles. The van der Waals surface area contributed by atoms with Gasteiger partial charge in [-0.05, 0) is 148 Å². The third kappa shape index (κ3) is 3.46. The largest absolute Gasteiger partial charge is 0.456 e. The number of benzene rings is 7. The first kappa shape index (κ1) is 28.0. The van der Waals surface area contributed by atoms with E-state index < -0.39 is 0 Å².